The van der Waals surface area contributed by atoms with E-state index in [2.05, 4.69) is 29.1 Å². The number of anilines is 1. The number of nitrogens with zero attached hydrogens (tertiary/aromatic N) is 2. The summed E-state index contributed by atoms with van der Waals surface area (Å²) in [6.07, 6.45) is 0. The van der Waals surface area contributed by atoms with Gasteiger partial charge in [0.15, 0.2) is 0 Å². The van der Waals surface area contributed by atoms with Crippen molar-refractivity contribution < 1.29 is 9.50 Å². The Labute approximate surface area is 152 Å². The van der Waals surface area contributed by atoms with Crippen molar-refractivity contribution in [2.75, 3.05) is 18.5 Å². The Morgan fingerprint density at radius 1 is 1.08 bits per heavy atom. The first-order chi connectivity index (χ1) is 11.6. The number of halogens is 2. The van der Waals surface area contributed by atoms with Crippen LogP contribution in [0.15, 0.2) is 42.5 Å². The summed E-state index contributed by atoms with van der Waals surface area (Å²) >= 11 is 0. The highest BCUT2D eigenvalue weighted by molar-refractivity contribution is 5.96. The monoisotopic (exact) mass is 361 g/mol. The second-order valence-electron chi connectivity index (χ2n) is 5.95. The number of hydrogen-bond acceptors (Lipinski definition) is 4. The number of fused-ring (bicyclic) bond motifs is 1. The van der Waals surface area contributed by atoms with Crippen LogP contribution < -0.4 is 5.32 Å². The molecule has 0 amide bonds. The Bertz CT molecular complexity index is 870. The molecule has 0 atom stereocenters. The zero-order valence-electron chi connectivity index (χ0n) is 14.2. The molecule has 0 aliphatic heterocycles. The lowest BCUT2D eigenvalue weighted by molar-refractivity contribution is 0.311. The maximum absolute atomic E-state index is 14.1. The van der Waals surface area contributed by atoms with Crippen molar-refractivity contribution in [3.8, 4) is 11.3 Å². The molecule has 6 heteroatoms. The van der Waals surface area contributed by atoms with E-state index in [0.29, 0.717) is 17.9 Å². The number of rotatable bonds is 5. The van der Waals surface area contributed by atoms with Gasteiger partial charge in [-0.3, -0.25) is 0 Å². The molecule has 0 saturated carbocycles. The first-order valence-electron chi connectivity index (χ1n) is 8.01. The van der Waals surface area contributed by atoms with Gasteiger partial charge in [-0.25, -0.2) is 14.4 Å². The second kappa shape index (κ2) is 8.23. The summed E-state index contributed by atoms with van der Waals surface area (Å²) in [4.78, 5) is 9.03. The van der Waals surface area contributed by atoms with Crippen molar-refractivity contribution in [1.29, 1.82) is 0 Å². The first kappa shape index (κ1) is 19.1. The summed E-state index contributed by atoms with van der Waals surface area (Å²) in [7, 11) is 0. The maximum atomic E-state index is 14.1. The average Bonchev–Trinajstić information content (AvgIpc) is 2.60. The minimum absolute atomic E-state index is 0. The fraction of sp³-hybridized carbons (Fsp3) is 0.263. The molecule has 2 N–H and O–H groups in total. The lowest BCUT2D eigenvalue weighted by Gasteiger charge is -2.13. The molecular weight excluding hydrogens is 341 g/mol. The molecule has 0 radical (unpaired) electrons. The fourth-order valence-corrected chi connectivity index (χ4v) is 2.63. The van der Waals surface area contributed by atoms with Crippen LogP contribution in [0.4, 0.5) is 10.3 Å². The predicted molar refractivity (Wildman–Crippen MR) is 102 cm³/mol. The SMILES string of the molecule is CC(C)c1cc(-c2ccc(F)c3ccccc23)nc(NCCO)n1.Cl. The normalized spacial score (nSPS) is 10.8. The van der Waals surface area contributed by atoms with Crippen LogP contribution in [0.1, 0.15) is 25.5 Å². The Kier molecular flexibility index (Phi) is 6.28. The van der Waals surface area contributed by atoms with Crippen molar-refractivity contribution in [2.24, 2.45) is 0 Å². The topological polar surface area (TPSA) is 58.0 Å². The number of aromatic nitrogens is 2. The molecule has 0 unspecified atom stereocenters. The van der Waals surface area contributed by atoms with Crippen LogP contribution in [0.5, 0.6) is 0 Å². The van der Waals surface area contributed by atoms with Crippen molar-refractivity contribution in [2.45, 2.75) is 19.8 Å². The molecule has 3 rings (SSSR count). The molecule has 4 nitrogen and oxygen atoms in total. The van der Waals surface area contributed by atoms with Gasteiger partial charge in [-0.1, -0.05) is 38.1 Å². The summed E-state index contributed by atoms with van der Waals surface area (Å²) in [6, 6.07) is 12.5. The lowest BCUT2D eigenvalue weighted by atomic mass is 10.00. The van der Waals surface area contributed by atoms with E-state index in [1.165, 1.54) is 6.07 Å². The lowest BCUT2D eigenvalue weighted by Crippen LogP contribution is -2.10. The highest BCUT2D eigenvalue weighted by Crippen LogP contribution is 2.31. The van der Waals surface area contributed by atoms with Crippen LogP contribution in [0.3, 0.4) is 0 Å². The van der Waals surface area contributed by atoms with Crippen LogP contribution >= 0.6 is 12.4 Å². The van der Waals surface area contributed by atoms with E-state index < -0.39 is 0 Å². The molecule has 1 heterocycles. The summed E-state index contributed by atoms with van der Waals surface area (Å²) in [5.74, 6) is 0.456. The van der Waals surface area contributed by atoms with E-state index in [4.69, 9.17) is 5.11 Å². The molecule has 132 valence electrons. The Hall–Kier alpha value is -2.24. The number of hydrogen-bond donors (Lipinski definition) is 2. The van der Waals surface area contributed by atoms with Gasteiger partial charge in [0.2, 0.25) is 5.95 Å². The zero-order valence-corrected chi connectivity index (χ0v) is 15.0. The molecule has 25 heavy (non-hydrogen) atoms. The van der Waals surface area contributed by atoms with E-state index in [9.17, 15) is 4.39 Å². The summed E-state index contributed by atoms with van der Waals surface area (Å²) < 4.78 is 14.1. The van der Waals surface area contributed by atoms with Crippen LogP contribution in [0, 0.1) is 5.82 Å². The molecule has 0 spiro atoms. The highest BCUT2D eigenvalue weighted by Gasteiger charge is 2.13. The fourth-order valence-electron chi connectivity index (χ4n) is 2.63. The van der Waals surface area contributed by atoms with E-state index in [-0.39, 0.29) is 30.7 Å². The number of aliphatic hydroxyl groups excluding tert-OH is 1. The van der Waals surface area contributed by atoms with Gasteiger partial charge in [0.05, 0.1) is 12.3 Å². The van der Waals surface area contributed by atoms with Gasteiger partial charge >= 0.3 is 0 Å². The van der Waals surface area contributed by atoms with E-state index >= 15 is 0 Å². The van der Waals surface area contributed by atoms with Gasteiger partial charge in [-0.15, -0.1) is 12.4 Å². The quantitative estimate of drug-likeness (QED) is 0.707. The molecule has 1 aromatic heterocycles. The zero-order chi connectivity index (χ0) is 17.1. The minimum atomic E-state index is -0.244. The Morgan fingerprint density at radius 2 is 1.80 bits per heavy atom. The number of nitrogens with one attached hydrogen (secondary N) is 1. The van der Waals surface area contributed by atoms with Crippen molar-refractivity contribution in [1.82, 2.24) is 9.97 Å². The molecule has 3 aromatic rings. The molecule has 0 saturated heterocycles. The summed E-state index contributed by atoms with van der Waals surface area (Å²) in [5.41, 5.74) is 2.50. The highest BCUT2D eigenvalue weighted by atomic mass is 35.5. The van der Waals surface area contributed by atoms with Gasteiger partial charge in [0, 0.05) is 23.2 Å². The average molecular weight is 362 g/mol. The third-order valence-corrected chi connectivity index (χ3v) is 3.88. The van der Waals surface area contributed by atoms with E-state index in [1.54, 1.807) is 12.1 Å². The Morgan fingerprint density at radius 3 is 2.48 bits per heavy atom. The third-order valence-electron chi connectivity index (χ3n) is 3.88. The van der Waals surface area contributed by atoms with Crippen LogP contribution in [-0.2, 0) is 0 Å². The molecular formula is C19H21ClFN3O. The molecule has 0 aliphatic rings. The van der Waals surface area contributed by atoms with Gasteiger partial charge in [0.25, 0.3) is 0 Å². The van der Waals surface area contributed by atoms with Crippen molar-refractivity contribution in [3.05, 3.63) is 54.0 Å². The molecule has 0 bridgehead atoms. The van der Waals surface area contributed by atoms with Gasteiger partial charge in [-0.05, 0) is 29.5 Å². The number of aliphatic hydroxyl groups is 1. The molecule has 0 fully saturated rings. The maximum Gasteiger partial charge on any atom is 0.223 e. The Balaban J connectivity index is 0.00000225. The minimum Gasteiger partial charge on any atom is -0.395 e. The number of benzene rings is 2. The summed E-state index contributed by atoms with van der Waals surface area (Å²) in [5, 5.41) is 13.4. The first-order valence-corrected chi connectivity index (χ1v) is 8.01. The van der Waals surface area contributed by atoms with Crippen LogP contribution in [0.25, 0.3) is 22.0 Å². The standard InChI is InChI=1S/C19H20FN3O.ClH/c1-12(2)17-11-18(23-19(22-17)21-9-10-24)15-7-8-16(20)14-6-4-3-5-13(14)15;/h3-8,11-12,24H,9-10H2,1-2H3,(H,21,22,23);1H. The van der Waals surface area contributed by atoms with Crippen LogP contribution in [0.2, 0.25) is 0 Å². The summed E-state index contributed by atoms with van der Waals surface area (Å²) in [6.45, 7) is 4.50. The van der Waals surface area contributed by atoms with E-state index in [0.717, 1.165) is 22.3 Å². The van der Waals surface area contributed by atoms with Crippen molar-refractivity contribution >= 4 is 29.1 Å². The molecule has 0 aliphatic carbocycles. The van der Waals surface area contributed by atoms with Gasteiger partial charge in [0.1, 0.15) is 5.82 Å². The molecule has 2 aromatic carbocycles. The van der Waals surface area contributed by atoms with Gasteiger partial charge in [-0.2, -0.15) is 0 Å². The van der Waals surface area contributed by atoms with Crippen LogP contribution in [-0.4, -0.2) is 28.2 Å². The van der Waals surface area contributed by atoms with Gasteiger partial charge < -0.3 is 10.4 Å². The second-order valence-corrected chi connectivity index (χ2v) is 5.95. The smallest absolute Gasteiger partial charge is 0.223 e. The van der Waals surface area contributed by atoms with Crippen molar-refractivity contribution in [3.63, 3.8) is 0 Å². The largest absolute Gasteiger partial charge is 0.395 e. The third kappa shape index (κ3) is 4.06. The predicted octanol–water partition coefficient (Wildman–Crippen LogP) is 4.39. The van der Waals surface area contributed by atoms with E-state index in [1.807, 2.05) is 24.3 Å².